The molecule has 0 unspecified atom stereocenters. The molecule has 0 aliphatic carbocycles. The van der Waals surface area contributed by atoms with Crippen molar-refractivity contribution in [1.29, 1.82) is 0 Å². The van der Waals surface area contributed by atoms with Gasteiger partial charge in [-0.1, -0.05) is 6.07 Å². The van der Waals surface area contributed by atoms with Gasteiger partial charge in [0.2, 0.25) is 0 Å². The van der Waals surface area contributed by atoms with E-state index in [9.17, 15) is 0 Å². The van der Waals surface area contributed by atoms with Crippen molar-refractivity contribution in [2.24, 2.45) is 0 Å². The zero-order valence-corrected chi connectivity index (χ0v) is 17.5. The van der Waals surface area contributed by atoms with Crippen LogP contribution < -0.4 is 9.92 Å². The molecule has 0 heterocycles. The highest BCUT2D eigenvalue weighted by molar-refractivity contribution is 6.75. The van der Waals surface area contributed by atoms with Crippen LogP contribution in [0.1, 0.15) is 5.56 Å². The first-order valence-electron chi connectivity index (χ1n) is 7.48. The Kier molecular flexibility index (Phi) is 8.53. The average molecular weight is 377 g/mol. The molecule has 0 aromatic heterocycles. The van der Waals surface area contributed by atoms with Crippen molar-refractivity contribution in [3.8, 4) is 5.75 Å². The molecule has 0 amide bonds. The lowest BCUT2D eigenvalue weighted by Gasteiger charge is -2.26. The summed E-state index contributed by atoms with van der Waals surface area (Å²) in [6.45, 7) is 0. The van der Waals surface area contributed by atoms with E-state index in [0.29, 0.717) is 18.2 Å². The quantitative estimate of drug-likeness (QED) is 0.538. The molecule has 24 heavy (non-hydrogen) atoms. The zero-order chi connectivity index (χ0) is 18.2. The van der Waals surface area contributed by atoms with E-state index < -0.39 is 17.6 Å². The third-order valence-corrected chi connectivity index (χ3v) is 9.35. The standard InChI is InChI=1S/C15H28O7Si2/c1-16-14-10-13(8-9-23(17-2,18-3)19-4)11-15(12-14)24(20-5,21-6)22-7/h10-12H,8-9H2,1-7H3. The van der Waals surface area contributed by atoms with Crippen LogP contribution in [0.4, 0.5) is 0 Å². The van der Waals surface area contributed by atoms with Crippen LogP contribution in [0.3, 0.4) is 0 Å². The van der Waals surface area contributed by atoms with Gasteiger partial charge in [-0.2, -0.15) is 0 Å². The van der Waals surface area contributed by atoms with Gasteiger partial charge in [0.15, 0.2) is 0 Å². The molecule has 7 nitrogen and oxygen atoms in total. The summed E-state index contributed by atoms with van der Waals surface area (Å²) in [5, 5.41) is 0.837. The molecule has 138 valence electrons. The van der Waals surface area contributed by atoms with E-state index in [1.54, 1.807) is 49.8 Å². The van der Waals surface area contributed by atoms with Gasteiger partial charge in [-0.05, 0) is 24.1 Å². The van der Waals surface area contributed by atoms with Gasteiger partial charge in [0.05, 0.1) is 7.11 Å². The number of ether oxygens (including phenoxy) is 1. The maximum atomic E-state index is 5.56. The first-order chi connectivity index (χ1) is 11.5. The summed E-state index contributed by atoms with van der Waals surface area (Å²) >= 11 is 0. The fraction of sp³-hybridized carbons (Fsp3) is 0.600. The highest BCUT2D eigenvalue weighted by Gasteiger charge is 2.42. The van der Waals surface area contributed by atoms with E-state index in [2.05, 4.69) is 0 Å². The van der Waals surface area contributed by atoms with Gasteiger partial charge < -0.3 is 31.3 Å². The van der Waals surface area contributed by atoms with E-state index in [4.69, 9.17) is 31.3 Å². The predicted molar refractivity (Wildman–Crippen MR) is 94.7 cm³/mol. The summed E-state index contributed by atoms with van der Waals surface area (Å²) in [7, 11) is 5.61. The Morgan fingerprint density at radius 2 is 1.25 bits per heavy atom. The summed E-state index contributed by atoms with van der Waals surface area (Å²) in [6, 6.07) is 6.49. The predicted octanol–water partition coefficient (Wildman–Crippen LogP) is 1.20. The van der Waals surface area contributed by atoms with Gasteiger partial charge in [-0.15, -0.1) is 0 Å². The molecular weight excluding hydrogens is 348 g/mol. The van der Waals surface area contributed by atoms with E-state index in [-0.39, 0.29) is 0 Å². The van der Waals surface area contributed by atoms with Crippen LogP contribution in [0, 0.1) is 0 Å². The molecule has 0 radical (unpaired) electrons. The smallest absolute Gasteiger partial charge is 0.497 e. The van der Waals surface area contributed by atoms with Crippen LogP contribution in [0.2, 0.25) is 6.04 Å². The molecule has 0 saturated heterocycles. The maximum Gasteiger partial charge on any atom is 0.536 e. The summed E-state index contributed by atoms with van der Waals surface area (Å²) in [6.07, 6.45) is 0.702. The monoisotopic (exact) mass is 376 g/mol. The summed E-state index contributed by atoms with van der Waals surface area (Å²) in [4.78, 5) is 0. The normalized spacial score (nSPS) is 12.5. The zero-order valence-electron chi connectivity index (χ0n) is 15.5. The van der Waals surface area contributed by atoms with E-state index in [1.807, 2.05) is 18.2 Å². The molecular formula is C15H28O7Si2. The molecule has 0 aliphatic heterocycles. The molecule has 1 rings (SSSR count). The molecule has 1 aromatic carbocycles. The molecule has 0 spiro atoms. The molecule has 0 fully saturated rings. The fourth-order valence-electron chi connectivity index (χ4n) is 2.56. The molecule has 0 N–H and O–H groups in total. The van der Waals surface area contributed by atoms with Gasteiger partial charge in [0.25, 0.3) is 0 Å². The van der Waals surface area contributed by atoms with E-state index in [0.717, 1.165) is 10.8 Å². The first kappa shape index (κ1) is 21.3. The third-order valence-electron chi connectivity index (χ3n) is 4.01. The Balaban J connectivity index is 3.14. The SMILES string of the molecule is COc1cc(CC[Si](OC)(OC)OC)cc([Si](OC)(OC)OC)c1. The van der Waals surface area contributed by atoms with Crippen LogP contribution in [0.15, 0.2) is 18.2 Å². The Labute approximate surface area is 146 Å². The van der Waals surface area contributed by atoms with Gasteiger partial charge in [0.1, 0.15) is 5.75 Å². The van der Waals surface area contributed by atoms with Crippen molar-refractivity contribution in [3.05, 3.63) is 23.8 Å². The Morgan fingerprint density at radius 1 is 0.708 bits per heavy atom. The number of hydrogen-bond donors (Lipinski definition) is 0. The second kappa shape index (κ2) is 9.63. The second-order valence-electron chi connectivity index (χ2n) is 5.03. The Hall–Kier alpha value is -0.786. The molecule has 0 bridgehead atoms. The lowest BCUT2D eigenvalue weighted by molar-refractivity contribution is 0.123. The summed E-state index contributed by atoms with van der Waals surface area (Å²) in [5.41, 5.74) is 1.04. The van der Waals surface area contributed by atoms with E-state index in [1.165, 1.54) is 0 Å². The van der Waals surface area contributed by atoms with Crippen molar-refractivity contribution in [1.82, 2.24) is 0 Å². The molecule has 1 aromatic rings. The minimum absolute atomic E-state index is 0.643. The van der Waals surface area contributed by atoms with Crippen LogP contribution in [-0.4, -0.2) is 67.4 Å². The lowest BCUT2D eigenvalue weighted by atomic mass is 10.1. The number of benzene rings is 1. The van der Waals surface area contributed by atoms with Crippen LogP contribution >= 0.6 is 0 Å². The Bertz CT molecular complexity index is 488. The van der Waals surface area contributed by atoms with Crippen LogP contribution in [0.25, 0.3) is 0 Å². The highest BCUT2D eigenvalue weighted by atomic mass is 28.4. The van der Waals surface area contributed by atoms with Crippen LogP contribution in [-0.2, 0) is 33.0 Å². The van der Waals surface area contributed by atoms with Gasteiger partial charge in [0, 0.05) is 53.9 Å². The van der Waals surface area contributed by atoms with Crippen molar-refractivity contribution < 1.29 is 31.3 Å². The van der Waals surface area contributed by atoms with Crippen molar-refractivity contribution in [2.75, 3.05) is 49.8 Å². The van der Waals surface area contributed by atoms with Gasteiger partial charge >= 0.3 is 17.6 Å². The largest absolute Gasteiger partial charge is 0.536 e. The fourth-order valence-corrected chi connectivity index (χ4v) is 6.15. The first-order valence-corrected chi connectivity index (χ1v) is 11.1. The topological polar surface area (TPSA) is 64.6 Å². The Morgan fingerprint density at radius 3 is 1.67 bits per heavy atom. The molecule has 9 heteroatoms. The van der Waals surface area contributed by atoms with Crippen LogP contribution in [0.5, 0.6) is 5.75 Å². The van der Waals surface area contributed by atoms with E-state index >= 15 is 0 Å². The number of aryl methyl sites for hydroxylation is 1. The van der Waals surface area contributed by atoms with Gasteiger partial charge in [-0.25, -0.2) is 0 Å². The third kappa shape index (κ3) is 4.64. The lowest BCUT2D eigenvalue weighted by Crippen LogP contribution is -2.54. The number of methoxy groups -OCH3 is 1. The molecule has 0 atom stereocenters. The number of rotatable bonds is 11. The maximum absolute atomic E-state index is 5.56. The van der Waals surface area contributed by atoms with Crippen molar-refractivity contribution in [3.63, 3.8) is 0 Å². The van der Waals surface area contributed by atoms with Crippen molar-refractivity contribution >= 4 is 22.8 Å². The van der Waals surface area contributed by atoms with Crippen molar-refractivity contribution in [2.45, 2.75) is 12.5 Å². The average Bonchev–Trinajstić information content (AvgIpc) is 2.65. The minimum atomic E-state index is -2.93. The number of hydrogen-bond acceptors (Lipinski definition) is 7. The summed E-state index contributed by atoms with van der Waals surface area (Å²) < 4.78 is 38.5. The molecule has 0 saturated carbocycles. The van der Waals surface area contributed by atoms with Gasteiger partial charge in [-0.3, -0.25) is 0 Å². The minimum Gasteiger partial charge on any atom is -0.497 e. The highest BCUT2D eigenvalue weighted by Crippen LogP contribution is 2.21. The molecule has 0 aliphatic rings. The summed E-state index contributed by atoms with van der Waals surface area (Å²) in [5.74, 6) is 0.713. The second-order valence-corrected chi connectivity index (χ2v) is 11.0.